The van der Waals surface area contributed by atoms with E-state index in [2.05, 4.69) is 15.5 Å². The third-order valence-corrected chi connectivity index (χ3v) is 3.25. The summed E-state index contributed by atoms with van der Waals surface area (Å²) in [5, 5.41) is 11.7. The molecule has 0 aliphatic heterocycles. The molecule has 1 aromatic carbocycles. The summed E-state index contributed by atoms with van der Waals surface area (Å²) in [7, 11) is 0. The first-order valence-electron chi connectivity index (χ1n) is 5.96. The van der Waals surface area contributed by atoms with E-state index in [0.29, 0.717) is 22.8 Å². The molecule has 0 amide bonds. The monoisotopic (exact) mass is 321 g/mol. The fraction of sp³-hybridized carbons (Fsp3) is 0.333. The van der Waals surface area contributed by atoms with Crippen molar-refractivity contribution in [1.82, 2.24) is 10.2 Å². The molecule has 0 aliphatic carbocycles. The van der Waals surface area contributed by atoms with Crippen LogP contribution in [0.25, 0.3) is 0 Å². The van der Waals surface area contributed by atoms with Crippen LogP contribution in [0.3, 0.4) is 0 Å². The van der Waals surface area contributed by atoms with Crippen molar-refractivity contribution in [3.05, 3.63) is 34.6 Å². The van der Waals surface area contributed by atoms with Gasteiger partial charge in [0.2, 0.25) is 5.13 Å². The Bertz CT molecular complexity index is 615. The summed E-state index contributed by atoms with van der Waals surface area (Å²) >= 11 is 1.23. The number of anilines is 1. The van der Waals surface area contributed by atoms with Crippen LogP contribution in [0.5, 0.6) is 5.75 Å². The van der Waals surface area contributed by atoms with Crippen LogP contribution in [0.2, 0.25) is 0 Å². The smallest absolute Gasteiger partial charge is 0.419 e. The summed E-state index contributed by atoms with van der Waals surface area (Å²) in [4.78, 5) is 0. The Morgan fingerprint density at radius 3 is 2.71 bits per heavy atom. The van der Waals surface area contributed by atoms with E-state index in [0.717, 1.165) is 12.1 Å². The summed E-state index contributed by atoms with van der Waals surface area (Å²) in [5.74, 6) is -1.41. The van der Waals surface area contributed by atoms with E-state index in [1.807, 2.05) is 6.92 Å². The number of nitrogens with one attached hydrogen (secondary N) is 1. The van der Waals surface area contributed by atoms with E-state index < -0.39 is 17.6 Å². The zero-order chi connectivity index (χ0) is 15.5. The van der Waals surface area contributed by atoms with E-state index in [4.69, 9.17) is 4.74 Å². The average Bonchev–Trinajstić information content (AvgIpc) is 2.85. The van der Waals surface area contributed by atoms with Crippen LogP contribution in [-0.2, 0) is 12.8 Å². The first-order chi connectivity index (χ1) is 9.90. The van der Waals surface area contributed by atoms with Gasteiger partial charge in [0, 0.05) is 6.54 Å². The SMILES string of the molecule is CCNc1nnc(COc2ccc(F)c(C(F)(F)F)c2)s1. The van der Waals surface area contributed by atoms with Gasteiger partial charge in [0.05, 0.1) is 5.56 Å². The lowest BCUT2D eigenvalue weighted by Gasteiger charge is -2.10. The zero-order valence-corrected chi connectivity index (χ0v) is 11.7. The molecule has 0 aliphatic rings. The maximum absolute atomic E-state index is 13.1. The Morgan fingerprint density at radius 2 is 2.05 bits per heavy atom. The summed E-state index contributed by atoms with van der Waals surface area (Å²) in [5.41, 5.74) is -1.36. The van der Waals surface area contributed by atoms with Gasteiger partial charge in [0.15, 0.2) is 5.01 Å². The van der Waals surface area contributed by atoms with Crippen LogP contribution in [0.15, 0.2) is 18.2 Å². The number of rotatable bonds is 5. The molecule has 0 radical (unpaired) electrons. The Hall–Kier alpha value is -1.90. The molecule has 0 saturated heterocycles. The van der Waals surface area contributed by atoms with Crippen molar-refractivity contribution in [2.24, 2.45) is 0 Å². The standard InChI is InChI=1S/C12H11F4N3OS/c1-2-17-11-19-18-10(21-11)6-20-7-3-4-9(13)8(5-7)12(14,15)16/h3-5H,2,6H2,1H3,(H,17,19). The molecule has 9 heteroatoms. The molecule has 4 nitrogen and oxygen atoms in total. The second kappa shape index (κ2) is 6.25. The van der Waals surface area contributed by atoms with Crippen molar-refractivity contribution >= 4 is 16.5 Å². The molecule has 0 saturated carbocycles. The van der Waals surface area contributed by atoms with Gasteiger partial charge in [-0.1, -0.05) is 11.3 Å². The van der Waals surface area contributed by atoms with E-state index in [1.165, 1.54) is 11.3 Å². The fourth-order valence-electron chi connectivity index (χ4n) is 1.49. The van der Waals surface area contributed by atoms with Crippen molar-refractivity contribution in [2.45, 2.75) is 19.7 Å². The number of halogens is 4. The molecule has 0 fully saturated rings. The van der Waals surface area contributed by atoms with Crippen LogP contribution in [-0.4, -0.2) is 16.7 Å². The molecule has 0 atom stereocenters. The molecular weight excluding hydrogens is 310 g/mol. The Kier molecular flexibility index (Phi) is 4.61. The number of nitrogens with zero attached hydrogens (tertiary/aromatic N) is 2. The number of ether oxygens (including phenoxy) is 1. The van der Waals surface area contributed by atoms with Crippen LogP contribution in [0, 0.1) is 5.82 Å². The molecule has 2 aromatic rings. The van der Waals surface area contributed by atoms with Crippen LogP contribution in [0.1, 0.15) is 17.5 Å². The predicted molar refractivity (Wildman–Crippen MR) is 69.8 cm³/mol. The highest BCUT2D eigenvalue weighted by Crippen LogP contribution is 2.33. The van der Waals surface area contributed by atoms with Crippen LogP contribution < -0.4 is 10.1 Å². The van der Waals surface area contributed by atoms with Gasteiger partial charge in [-0.25, -0.2) is 4.39 Å². The molecule has 2 rings (SSSR count). The van der Waals surface area contributed by atoms with E-state index >= 15 is 0 Å². The Morgan fingerprint density at radius 1 is 1.29 bits per heavy atom. The van der Waals surface area contributed by atoms with E-state index in [9.17, 15) is 17.6 Å². The highest BCUT2D eigenvalue weighted by atomic mass is 32.1. The van der Waals surface area contributed by atoms with Gasteiger partial charge in [-0.2, -0.15) is 13.2 Å². The van der Waals surface area contributed by atoms with Gasteiger partial charge in [0.1, 0.15) is 18.2 Å². The highest BCUT2D eigenvalue weighted by Gasteiger charge is 2.34. The number of alkyl halides is 3. The van der Waals surface area contributed by atoms with E-state index in [-0.39, 0.29) is 12.4 Å². The number of hydrogen-bond acceptors (Lipinski definition) is 5. The second-order valence-corrected chi connectivity index (χ2v) is 5.02. The van der Waals surface area contributed by atoms with Gasteiger partial charge in [0.25, 0.3) is 0 Å². The third-order valence-electron chi connectivity index (χ3n) is 2.40. The lowest BCUT2D eigenvalue weighted by molar-refractivity contribution is -0.140. The van der Waals surface area contributed by atoms with Crippen molar-refractivity contribution in [3.63, 3.8) is 0 Å². The maximum atomic E-state index is 13.1. The molecule has 0 spiro atoms. The quantitative estimate of drug-likeness (QED) is 0.853. The molecule has 0 unspecified atom stereocenters. The van der Waals surface area contributed by atoms with Crippen LogP contribution >= 0.6 is 11.3 Å². The Balaban J connectivity index is 2.06. The fourth-order valence-corrected chi connectivity index (χ4v) is 2.21. The molecule has 1 aromatic heterocycles. The predicted octanol–water partition coefficient (Wildman–Crippen LogP) is 3.71. The average molecular weight is 321 g/mol. The Labute approximate surface area is 121 Å². The van der Waals surface area contributed by atoms with Gasteiger partial charge >= 0.3 is 6.18 Å². The summed E-state index contributed by atoms with van der Waals surface area (Å²) in [6.07, 6.45) is -4.76. The minimum atomic E-state index is -4.76. The van der Waals surface area contributed by atoms with Crippen molar-refractivity contribution in [1.29, 1.82) is 0 Å². The number of benzene rings is 1. The zero-order valence-electron chi connectivity index (χ0n) is 10.9. The van der Waals surface area contributed by atoms with Crippen LogP contribution in [0.4, 0.5) is 22.7 Å². The van der Waals surface area contributed by atoms with E-state index in [1.54, 1.807) is 0 Å². The van der Waals surface area contributed by atoms with Crippen molar-refractivity contribution in [2.75, 3.05) is 11.9 Å². The van der Waals surface area contributed by atoms with Crippen molar-refractivity contribution < 1.29 is 22.3 Å². The lowest BCUT2D eigenvalue weighted by atomic mass is 10.2. The molecule has 1 heterocycles. The van der Waals surface area contributed by atoms with Gasteiger partial charge < -0.3 is 10.1 Å². The number of hydrogen-bond donors (Lipinski definition) is 1. The summed E-state index contributed by atoms with van der Waals surface area (Å²) in [6.45, 7) is 2.54. The van der Waals surface area contributed by atoms with Gasteiger partial charge in [-0.3, -0.25) is 0 Å². The normalized spacial score (nSPS) is 11.5. The number of aromatic nitrogens is 2. The molecule has 114 valence electrons. The minimum Gasteiger partial charge on any atom is -0.486 e. The van der Waals surface area contributed by atoms with Gasteiger partial charge in [-0.15, -0.1) is 10.2 Å². The maximum Gasteiger partial charge on any atom is 0.419 e. The summed E-state index contributed by atoms with van der Waals surface area (Å²) in [6, 6.07) is 2.49. The lowest BCUT2D eigenvalue weighted by Crippen LogP contribution is -2.08. The molecule has 1 N–H and O–H groups in total. The molecular formula is C12H11F4N3OS. The highest BCUT2D eigenvalue weighted by molar-refractivity contribution is 7.15. The first-order valence-corrected chi connectivity index (χ1v) is 6.77. The topological polar surface area (TPSA) is 47.0 Å². The molecule has 21 heavy (non-hydrogen) atoms. The molecule has 0 bridgehead atoms. The summed E-state index contributed by atoms with van der Waals surface area (Å²) < 4.78 is 56.0. The third kappa shape index (κ3) is 4.03. The first kappa shape index (κ1) is 15.5. The van der Waals surface area contributed by atoms with Crippen molar-refractivity contribution in [3.8, 4) is 5.75 Å². The minimum absolute atomic E-state index is 0.0357. The second-order valence-electron chi connectivity index (χ2n) is 3.96. The van der Waals surface area contributed by atoms with Gasteiger partial charge in [-0.05, 0) is 25.1 Å². The largest absolute Gasteiger partial charge is 0.486 e.